The molecule has 5 rings (SSSR count). The van der Waals surface area contributed by atoms with Gasteiger partial charge in [0.2, 0.25) is 17.3 Å². The van der Waals surface area contributed by atoms with Gasteiger partial charge >= 0.3 is 0 Å². The van der Waals surface area contributed by atoms with E-state index in [4.69, 9.17) is 9.29 Å². The summed E-state index contributed by atoms with van der Waals surface area (Å²) in [5.41, 5.74) is -1.41. The van der Waals surface area contributed by atoms with E-state index in [0.717, 1.165) is 18.2 Å². The zero-order valence-corrected chi connectivity index (χ0v) is 23.0. The Morgan fingerprint density at radius 1 is 1.21 bits per heavy atom. The predicted molar refractivity (Wildman–Crippen MR) is 140 cm³/mol. The SMILES string of the molecule is COc1cccc2[nH]c(C(=O)N[C@H](C(=O)N3C[C@H]4[C@@H]([C@H]3C(=O)N[C@@H](C)C(O)S(=O)(=O)O)C4(C)C)C3CC3)cc12. The maximum absolute atomic E-state index is 13.9. The van der Waals surface area contributed by atoms with Gasteiger partial charge in [-0.1, -0.05) is 19.9 Å². The number of aliphatic hydroxyl groups excluding tert-OH is 1. The Kier molecular flexibility index (Phi) is 6.67. The number of amides is 3. The van der Waals surface area contributed by atoms with Crippen molar-refractivity contribution in [1.29, 1.82) is 0 Å². The lowest BCUT2D eigenvalue weighted by Gasteiger charge is -2.34. The van der Waals surface area contributed by atoms with Crippen LogP contribution < -0.4 is 15.4 Å². The van der Waals surface area contributed by atoms with Gasteiger partial charge in [0, 0.05) is 17.4 Å². The van der Waals surface area contributed by atoms with E-state index < -0.39 is 45.5 Å². The Morgan fingerprint density at radius 2 is 1.90 bits per heavy atom. The van der Waals surface area contributed by atoms with Crippen LogP contribution in [0.3, 0.4) is 0 Å². The minimum atomic E-state index is -4.80. The molecular formula is C26H34N4O8S. The fraction of sp³-hybridized carbons (Fsp3) is 0.577. The van der Waals surface area contributed by atoms with Crippen molar-refractivity contribution < 1.29 is 37.2 Å². The first-order chi connectivity index (χ1) is 18.3. The fourth-order valence-corrected chi connectivity index (χ4v) is 6.67. The van der Waals surface area contributed by atoms with Gasteiger partial charge in [0.05, 0.1) is 13.2 Å². The number of hydrogen-bond acceptors (Lipinski definition) is 7. The van der Waals surface area contributed by atoms with Crippen LogP contribution in [0.15, 0.2) is 24.3 Å². The summed E-state index contributed by atoms with van der Waals surface area (Å²) < 4.78 is 37.2. The molecule has 1 unspecified atom stereocenters. The molecule has 212 valence electrons. The number of fused-ring (bicyclic) bond motifs is 2. The number of rotatable bonds is 9. The van der Waals surface area contributed by atoms with Gasteiger partial charge in [-0.25, -0.2) is 0 Å². The number of nitrogens with one attached hydrogen (secondary N) is 3. The van der Waals surface area contributed by atoms with Crippen LogP contribution in [0.25, 0.3) is 10.9 Å². The van der Waals surface area contributed by atoms with Crippen LogP contribution in [-0.2, 0) is 19.7 Å². The van der Waals surface area contributed by atoms with Gasteiger partial charge in [-0.15, -0.1) is 0 Å². The lowest BCUT2D eigenvalue weighted by molar-refractivity contribution is -0.142. The van der Waals surface area contributed by atoms with E-state index in [-0.39, 0.29) is 34.8 Å². The number of carbonyl (C=O) groups excluding carboxylic acids is 3. The topological polar surface area (TPSA) is 178 Å². The Bertz CT molecular complexity index is 1430. The number of aliphatic hydroxyl groups is 1. The van der Waals surface area contributed by atoms with Gasteiger partial charge in [-0.3, -0.25) is 18.9 Å². The van der Waals surface area contributed by atoms with Crippen molar-refractivity contribution >= 4 is 38.7 Å². The zero-order chi connectivity index (χ0) is 28.4. The van der Waals surface area contributed by atoms with Gasteiger partial charge in [0.1, 0.15) is 23.5 Å². The summed E-state index contributed by atoms with van der Waals surface area (Å²) in [4.78, 5) is 45.0. The fourth-order valence-electron chi connectivity index (χ4n) is 6.09. The lowest BCUT2D eigenvalue weighted by Crippen LogP contribution is -2.58. The van der Waals surface area contributed by atoms with Crippen molar-refractivity contribution in [2.45, 2.75) is 57.2 Å². The predicted octanol–water partition coefficient (Wildman–Crippen LogP) is 0.879. The Morgan fingerprint density at radius 3 is 2.51 bits per heavy atom. The van der Waals surface area contributed by atoms with E-state index in [2.05, 4.69) is 15.6 Å². The smallest absolute Gasteiger partial charge is 0.294 e. The molecule has 3 fully saturated rings. The number of hydrogen-bond donors (Lipinski definition) is 5. The summed E-state index contributed by atoms with van der Waals surface area (Å²) in [7, 11) is -3.25. The molecule has 1 saturated heterocycles. The molecule has 1 aliphatic heterocycles. The molecule has 5 N–H and O–H groups in total. The highest BCUT2D eigenvalue weighted by Crippen LogP contribution is 2.65. The number of piperidine rings is 1. The monoisotopic (exact) mass is 562 g/mol. The Balaban J connectivity index is 1.35. The largest absolute Gasteiger partial charge is 0.496 e. The number of methoxy groups -OCH3 is 1. The molecule has 1 aromatic carbocycles. The van der Waals surface area contributed by atoms with Crippen LogP contribution in [0, 0.1) is 23.2 Å². The number of carbonyl (C=O) groups is 3. The van der Waals surface area contributed by atoms with Crippen molar-refractivity contribution in [1.82, 2.24) is 20.5 Å². The highest BCUT2D eigenvalue weighted by Gasteiger charge is 2.69. The quantitative estimate of drug-likeness (QED) is 0.280. The highest BCUT2D eigenvalue weighted by molar-refractivity contribution is 7.86. The highest BCUT2D eigenvalue weighted by atomic mass is 32.2. The minimum Gasteiger partial charge on any atom is -0.496 e. The number of benzene rings is 1. The Hall–Kier alpha value is -3.16. The summed E-state index contributed by atoms with van der Waals surface area (Å²) in [6.07, 6.45) is 1.52. The molecule has 2 heterocycles. The van der Waals surface area contributed by atoms with Gasteiger partial charge < -0.3 is 30.4 Å². The van der Waals surface area contributed by atoms with Crippen molar-refractivity contribution in [2.75, 3.05) is 13.7 Å². The normalized spacial score (nSPS) is 25.9. The van der Waals surface area contributed by atoms with E-state index >= 15 is 0 Å². The summed E-state index contributed by atoms with van der Waals surface area (Å²) >= 11 is 0. The average Bonchev–Trinajstić information content (AvgIpc) is 3.65. The number of H-pyrrole nitrogens is 1. The summed E-state index contributed by atoms with van der Waals surface area (Å²) in [6, 6.07) is 4.05. The third-order valence-electron chi connectivity index (χ3n) is 8.60. The summed E-state index contributed by atoms with van der Waals surface area (Å²) in [6.45, 7) is 5.60. The van der Waals surface area contributed by atoms with Crippen LogP contribution >= 0.6 is 0 Å². The number of aromatic nitrogens is 1. The first kappa shape index (κ1) is 27.4. The third kappa shape index (κ3) is 4.87. The molecule has 0 bridgehead atoms. The lowest BCUT2D eigenvalue weighted by atomic mass is 9.99. The maximum Gasteiger partial charge on any atom is 0.294 e. The molecule has 12 nitrogen and oxygen atoms in total. The van der Waals surface area contributed by atoms with E-state index in [1.54, 1.807) is 25.3 Å². The Labute approximate surface area is 226 Å². The molecule has 39 heavy (non-hydrogen) atoms. The number of ether oxygens (including phenoxy) is 1. The van der Waals surface area contributed by atoms with Gasteiger partial charge in [0.15, 0.2) is 0 Å². The number of aromatic amines is 1. The van der Waals surface area contributed by atoms with Crippen molar-refractivity contribution in [3.8, 4) is 5.75 Å². The molecule has 13 heteroatoms. The molecule has 0 spiro atoms. The second-order valence-corrected chi connectivity index (χ2v) is 13.0. The van der Waals surface area contributed by atoms with Crippen LogP contribution in [0.1, 0.15) is 44.1 Å². The summed E-state index contributed by atoms with van der Waals surface area (Å²) in [5, 5.41) is 15.9. The van der Waals surface area contributed by atoms with Crippen molar-refractivity contribution in [3.63, 3.8) is 0 Å². The van der Waals surface area contributed by atoms with Crippen LogP contribution in [0.5, 0.6) is 5.75 Å². The average molecular weight is 563 g/mol. The van der Waals surface area contributed by atoms with E-state index in [0.29, 0.717) is 17.8 Å². The molecule has 2 aromatic rings. The van der Waals surface area contributed by atoms with Gasteiger partial charge in [-0.2, -0.15) is 8.42 Å². The summed E-state index contributed by atoms with van der Waals surface area (Å²) in [5.74, 6) is -0.975. The van der Waals surface area contributed by atoms with E-state index in [1.165, 1.54) is 11.8 Å². The molecule has 1 aromatic heterocycles. The van der Waals surface area contributed by atoms with Crippen molar-refractivity contribution in [3.05, 3.63) is 30.0 Å². The van der Waals surface area contributed by atoms with Crippen LogP contribution in [0.2, 0.25) is 0 Å². The van der Waals surface area contributed by atoms with Crippen LogP contribution in [0.4, 0.5) is 0 Å². The number of likely N-dealkylation sites (tertiary alicyclic amines) is 1. The van der Waals surface area contributed by atoms with Gasteiger partial charge in [0.25, 0.3) is 16.0 Å². The third-order valence-corrected chi connectivity index (χ3v) is 9.62. The molecular weight excluding hydrogens is 528 g/mol. The second-order valence-electron chi connectivity index (χ2n) is 11.5. The van der Waals surface area contributed by atoms with Crippen molar-refractivity contribution in [2.24, 2.45) is 23.2 Å². The first-order valence-electron chi connectivity index (χ1n) is 13.0. The molecule has 0 radical (unpaired) electrons. The molecule has 6 atom stereocenters. The number of nitrogens with zero attached hydrogens (tertiary/aromatic N) is 1. The molecule has 3 aliphatic rings. The molecule has 2 saturated carbocycles. The molecule has 3 amide bonds. The van der Waals surface area contributed by atoms with E-state index in [9.17, 15) is 27.9 Å². The zero-order valence-electron chi connectivity index (χ0n) is 22.2. The first-order valence-corrected chi connectivity index (χ1v) is 14.5. The standard InChI is InChI=1S/C26H34N4O8S/c1-12(25(34)39(35,36)37)27-23(32)21-19-15(26(19,2)3)11-30(21)24(33)20(13-8-9-13)29-22(31)17-10-14-16(28-17)6-5-7-18(14)38-4/h5-7,10,12-13,15,19-21,25,28,34H,8-9,11H2,1-4H3,(H,27,32)(H,29,31)(H,35,36,37)/t12-,15-,19-,20-,21-,25?/m0/s1. The maximum atomic E-state index is 13.9. The minimum absolute atomic E-state index is 0.0608. The van der Waals surface area contributed by atoms with Crippen LogP contribution in [-0.4, -0.2) is 82.9 Å². The second kappa shape index (κ2) is 9.49. The molecule has 2 aliphatic carbocycles. The van der Waals surface area contributed by atoms with E-state index in [1.807, 2.05) is 19.9 Å². The van der Waals surface area contributed by atoms with Gasteiger partial charge in [-0.05, 0) is 61.1 Å².